The summed E-state index contributed by atoms with van der Waals surface area (Å²) in [5.41, 5.74) is 1.05. The first-order valence-corrected chi connectivity index (χ1v) is 5.40. The highest BCUT2D eigenvalue weighted by Crippen LogP contribution is 2.11. The van der Waals surface area contributed by atoms with E-state index in [0.717, 1.165) is 5.56 Å². The largest absolute Gasteiger partial charge is 0.405 e. The molecule has 1 aromatic heterocycles. The van der Waals surface area contributed by atoms with Crippen LogP contribution in [0.15, 0.2) is 24.5 Å². The maximum Gasteiger partial charge on any atom is 0.405 e. The van der Waals surface area contributed by atoms with Crippen molar-refractivity contribution in [2.75, 3.05) is 19.6 Å². The molecule has 18 heavy (non-hydrogen) atoms. The SMILES string of the molecule is O=C(CNCCc1ccncc1)NCC(F)(F)F. The number of hydrogen-bond donors (Lipinski definition) is 2. The monoisotopic (exact) mass is 261 g/mol. The van der Waals surface area contributed by atoms with Crippen LogP contribution in [0, 0.1) is 0 Å². The molecule has 4 nitrogen and oxygen atoms in total. The van der Waals surface area contributed by atoms with Gasteiger partial charge in [0.05, 0.1) is 6.54 Å². The topological polar surface area (TPSA) is 54.0 Å². The smallest absolute Gasteiger partial charge is 0.346 e. The number of halogens is 3. The zero-order valence-electron chi connectivity index (χ0n) is 9.63. The second-order valence-electron chi connectivity index (χ2n) is 3.67. The van der Waals surface area contributed by atoms with Crippen LogP contribution in [0.2, 0.25) is 0 Å². The van der Waals surface area contributed by atoms with E-state index in [1.54, 1.807) is 17.7 Å². The lowest BCUT2D eigenvalue weighted by molar-refractivity contribution is -0.137. The van der Waals surface area contributed by atoms with Gasteiger partial charge in [0.2, 0.25) is 5.91 Å². The molecule has 2 N–H and O–H groups in total. The van der Waals surface area contributed by atoms with Gasteiger partial charge < -0.3 is 10.6 Å². The van der Waals surface area contributed by atoms with Gasteiger partial charge in [-0.3, -0.25) is 9.78 Å². The van der Waals surface area contributed by atoms with Crippen LogP contribution in [0.5, 0.6) is 0 Å². The number of rotatable bonds is 6. The van der Waals surface area contributed by atoms with E-state index in [2.05, 4.69) is 10.3 Å². The zero-order chi connectivity index (χ0) is 13.4. The Balaban J connectivity index is 2.09. The molecule has 0 aliphatic heterocycles. The number of nitrogens with zero attached hydrogens (tertiary/aromatic N) is 1. The molecule has 0 fully saturated rings. The van der Waals surface area contributed by atoms with Crippen molar-refractivity contribution in [3.8, 4) is 0 Å². The van der Waals surface area contributed by atoms with Crippen molar-refractivity contribution in [3.05, 3.63) is 30.1 Å². The minimum absolute atomic E-state index is 0.124. The van der Waals surface area contributed by atoms with Gasteiger partial charge >= 0.3 is 6.18 Å². The minimum atomic E-state index is -4.37. The highest BCUT2D eigenvalue weighted by molar-refractivity contribution is 5.77. The maximum absolute atomic E-state index is 11.8. The van der Waals surface area contributed by atoms with Gasteiger partial charge in [0.15, 0.2) is 0 Å². The molecule has 0 aliphatic rings. The second-order valence-corrected chi connectivity index (χ2v) is 3.67. The Labute approximate surface area is 103 Å². The molecular formula is C11H14F3N3O. The fourth-order valence-electron chi connectivity index (χ4n) is 1.25. The van der Waals surface area contributed by atoms with Crippen LogP contribution in [-0.2, 0) is 11.2 Å². The van der Waals surface area contributed by atoms with Crippen molar-refractivity contribution in [2.45, 2.75) is 12.6 Å². The van der Waals surface area contributed by atoms with Gasteiger partial charge in [-0.1, -0.05) is 0 Å². The summed E-state index contributed by atoms with van der Waals surface area (Å²) in [5, 5.41) is 4.55. The van der Waals surface area contributed by atoms with Crippen molar-refractivity contribution in [2.24, 2.45) is 0 Å². The lowest BCUT2D eigenvalue weighted by atomic mass is 10.2. The van der Waals surface area contributed by atoms with Crippen LogP contribution >= 0.6 is 0 Å². The van der Waals surface area contributed by atoms with Gasteiger partial charge in [-0.25, -0.2) is 0 Å². The highest BCUT2D eigenvalue weighted by atomic mass is 19.4. The van der Waals surface area contributed by atoms with Crippen molar-refractivity contribution in [1.82, 2.24) is 15.6 Å². The van der Waals surface area contributed by atoms with Crippen LogP contribution in [0.1, 0.15) is 5.56 Å². The quantitative estimate of drug-likeness (QED) is 0.748. The van der Waals surface area contributed by atoms with E-state index >= 15 is 0 Å². The molecule has 1 rings (SSSR count). The molecule has 100 valence electrons. The Kier molecular flexibility index (Phi) is 5.57. The number of aromatic nitrogens is 1. The number of pyridine rings is 1. The minimum Gasteiger partial charge on any atom is -0.346 e. The fraction of sp³-hybridized carbons (Fsp3) is 0.455. The normalized spacial score (nSPS) is 11.3. The molecule has 0 aromatic carbocycles. The van der Waals surface area contributed by atoms with E-state index in [4.69, 9.17) is 0 Å². The van der Waals surface area contributed by atoms with E-state index in [1.807, 2.05) is 12.1 Å². The van der Waals surface area contributed by atoms with Gasteiger partial charge in [0, 0.05) is 12.4 Å². The van der Waals surface area contributed by atoms with E-state index < -0.39 is 18.6 Å². The summed E-state index contributed by atoms with van der Waals surface area (Å²) in [5.74, 6) is -0.665. The molecule has 1 amide bonds. The summed E-state index contributed by atoms with van der Waals surface area (Å²) in [6.45, 7) is -0.900. The van der Waals surface area contributed by atoms with Crippen molar-refractivity contribution in [1.29, 1.82) is 0 Å². The Morgan fingerprint density at radius 3 is 2.56 bits per heavy atom. The van der Waals surface area contributed by atoms with Gasteiger partial charge in [-0.2, -0.15) is 13.2 Å². The third kappa shape index (κ3) is 6.85. The first-order valence-electron chi connectivity index (χ1n) is 5.40. The number of carbonyl (C=O) groups is 1. The Morgan fingerprint density at radius 1 is 1.28 bits per heavy atom. The molecular weight excluding hydrogens is 247 g/mol. The third-order valence-electron chi connectivity index (χ3n) is 2.11. The lowest BCUT2D eigenvalue weighted by Gasteiger charge is -2.09. The van der Waals surface area contributed by atoms with Crippen molar-refractivity contribution in [3.63, 3.8) is 0 Å². The molecule has 0 saturated carbocycles. The van der Waals surface area contributed by atoms with Gasteiger partial charge in [0.1, 0.15) is 6.54 Å². The summed E-state index contributed by atoms with van der Waals surface area (Å²) >= 11 is 0. The molecule has 1 aromatic rings. The first-order chi connectivity index (χ1) is 8.47. The van der Waals surface area contributed by atoms with E-state index in [-0.39, 0.29) is 6.54 Å². The van der Waals surface area contributed by atoms with Crippen LogP contribution in [0.4, 0.5) is 13.2 Å². The predicted molar refractivity (Wildman–Crippen MR) is 59.9 cm³/mol. The van der Waals surface area contributed by atoms with E-state index in [9.17, 15) is 18.0 Å². The van der Waals surface area contributed by atoms with Gasteiger partial charge in [0.25, 0.3) is 0 Å². The summed E-state index contributed by atoms with van der Waals surface area (Å²) in [6, 6.07) is 3.68. The number of alkyl halides is 3. The molecule has 0 radical (unpaired) electrons. The number of carbonyl (C=O) groups excluding carboxylic acids is 1. The molecule has 1 heterocycles. The first kappa shape index (κ1) is 14.4. The summed E-state index contributed by atoms with van der Waals surface area (Å²) in [6.07, 6.45) is -0.363. The summed E-state index contributed by atoms with van der Waals surface area (Å²) in [7, 11) is 0. The molecule has 0 spiro atoms. The van der Waals surface area contributed by atoms with Crippen molar-refractivity contribution >= 4 is 5.91 Å². The molecule has 0 saturated heterocycles. The molecule has 0 atom stereocenters. The highest BCUT2D eigenvalue weighted by Gasteiger charge is 2.27. The van der Waals surface area contributed by atoms with Gasteiger partial charge in [-0.15, -0.1) is 0 Å². The number of amides is 1. The number of nitrogens with one attached hydrogen (secondary N) is 2. The lowest BCUT2D eigenvalue weighted by Crippen LogP contribution is -2.39. The average molecular weight is 261 g/mol. The van der Waals surface area contributed by atoms with Gasteiger partial charge in [-0.05, 0) is 30.7 Å². The zero-order valence-corrected chi connectivity index (χ0v) is 9.63. The second kappa shape index (κ2) is 6.95. The molecule has 0 unspecified atom stereocenters. The van der Waals surface area contributed by atoms with Crippen LogP contribution in [0.25, 0.3) is 0 Å². The maximum atomic E-state index is 11.8. The standard InChI is InChI=1S/C11H14F3N3O/c12-11(13,14)8-17-10(18)7-16-6-3-9-1-4-15-5-2-9/h1-2,4-5,16H,3,6-8H2,(H,17,18). The Bertz CT molecular complexity index is 368. The molecule has 0 aliphatic carbocycles. The van der Waals surface area contributed by atoms with Crippen LogP contribution in [-0.4, -0.2) is 36.7 Å². The van der Waals surface area contributed by atoms with Crippen molar-refractivity contribution < 1.29 is 18.0 Å². The Hall–Kier alpha value is -1.63. The fourth-order valence-corrected chi connectivity index (χ4v) is 1.25. The Morgan fingerprint density at radius 2 is 1.94 bits per heavy atom. The summed E-state index contributed by atoms with van der Waals surface area (Å²) < 4.78 is 35.4. The van der Waals surface area contributed by atoms with E-state index in [1.165, 1.54) is 0 Å². The summed E-state index contributed by atoms with van der Waals surface area (Å²) in [4.78, 5) is 14.9. The van der Waals surface area contributed by atoms with Crippen LogP contribution in [0.3, 0.4) is 0 Å². The van der Waals surface area contributed by atoms with Crippen LogP contribution < -0.4 is 10.6 Å². The number of hydrogen-bond acceptors (Lipinski definition) is 3. The molecule has 0 bridgehead atoms. The van der Waals surface area contributed by atoms with E-state index in [0.29, 0.717) is 13.0 Å². The average Bonchev–Trinajstić information content (AvgIpc) is 2.33. The third-order valence-corrected chi connectivity index (χ3v) is 2.11. The molecule has 7 heteroatoms. The predicted octanol–water partition coefficient (Wildman–Crippen LogP) is 0.892.